The van der Waals surface area contributed by atoms with Crippen molar-refractivity contribution in [3.8, 4) is 0 Å². The highest BCUT2D eigenvalue weighted by molar-refractivity contribution is 6.71. The summed E-state index contributed by atoms with van der Waals surface area (Å²) in [6.07, 6.45) is 3.16. The van der Waals surface area contributed by atoms with Crippen molar-refractivity contribution in [1.29, 1.82) is 0 Å². The molecule has 1 spiro atoms. The van der Waals surface area contributed by atoms with E-state index in [1.54, 1.807) is 20.8 Å². The summed E-state index contributed by atoms with van der Waals surface area (Å²) < 4.78 is 6.72. The number of rotatable bonds is 7. The number of β-lactam (4-membered cyclic amide) rings is 1. The van der Waals surface area contributed by atoms with Gasteiger partial charge in [0.25, 0.3) is 5.91 Å². The predicted molar refractivity (Wildman–Crippen MR) is 142 cm³/mol. The molecule has 2 N–H and O–H groups in total. The van der Waals surface area contributed by atoms with Crippen LogP contribution in [0.1, 0.15) is 38.2 Å². The Kier molecular flexibility index (Phi) is 6.58. The lowest BCUT2D eigenvalue weighted by molar-refractivity contribution is -0.149. The minimum absolute atomic E-state index is 0.0379. The molecule has 0 saturated carbocycles. The lowest BCUT2D eigenvalue weighted by Crippen LogP contribution is -2.46. The quantitative estimate of drug-likeness (QED) is 0.319. The normalized spacial score (nSPS) is 31.3. The van der Waals surface area contributed by atoms with Gasteiger partial charge in [-0.3, -0.25) is 14.4 Å². The fraction of sp³-hybridized carbons (Fsp3) is 0.593. The molecule has 37 heavy (non-hydrogen) atoms. The summed E-state index contributed by atoms with van der Waals surface area (Å²) >= 11 is 0. The second-order valence-corrected chi connectivity index (χ2v) is 15.3. The zero-order chi connectivity index (χ0) is 26.7. The largest absolute Gasteiger partial charge is 0.432 e. The summed E-state index contributed by atoms with van der Waals surface area (Å²) in [7, 11) is -2.91. The first-order valence-electron chi connectivity index (χ1n) is 13.2. The molecular weight excluding hydrogens is 490 g/mol. The van der Waals surface area contributed by atoms with Gasteiger partial charge in [-0.1, -0.05) is 13.0 Å². The highest BCUT2D eigenvalue weighted by Crippen LogP contribution is 2.60. The van der Waals surface area contributed by atoms with Gasteiger partial charge in [0.1, 0.15) is 0 Å². The summed E-state index contributed by atoms with van der Waals surface area (Å²) in [4.78, 5) is 56.2. The Morgan fingerprint density at radius 1 is 1.30 bits per heavy atom. The van der Waals surface area contributed by atoms with Gasteiger partial charge < -0.3 is 29.3 Å². The highest BCUT2D eigenvalue weighted by atomic mass is 28.4. The van der Waals surface area contributed by atoms with Crippen LogP contribution in [-0.4, -0.2) is 79.2 Å². The third kappa shape index (κ3) is 3.96. The maximum Gasteiger partial charge on any atom is 0.264 e. The molecule has 0 aliphatic carbocycles. The maximum atomic E-state index is 14.2. The number of aliphatic hydroxyl groups excluding tert-OH is 1. The molecule has 10 heteroatoms. The number of likely N-dealkylation sites (tertiary alicyclic amines) is 1. The molecule has 1 aromatic carbocycles. The molecule has 0 radical (unpaired) electrons. The summed E-state index contributed by atoms with van der Waals surface area (Å²) in [5.41, 5.74) is 0.360. The number of hydrogen-bond donors (Lipinski definition) is 2. The molecule has 0 aromatic heterocycles. The SMILES string of the molecule is C=CCN1C(=O)[C@@]2(O[C@@H](CC(=O)N3CCC[C@H]3CO)[C@H]([Si](C)(C)O)[C@H]2C)c2cc(N3CCC3=O)ccc21. The monoisotopic (exact) mass is 527 g/mol. The van der Waals surface area contributed by atoms with Crippen LogP contribution in [0, 0.1) is 5.92 Å². The van der Waals surface area contributed by atoms with Gasteiger partial charge in [0.15, 0.2) is 13.9 Å². The average molecular weight is 528 g/mol. The fourth-order valence-electron chi connectivity index (χ4n) is 6.97. The molecular formula is C27H37N3O6Si. The first-order chi connectivity index (χ1) is 17.5. The maximum absolute atomic E-state index is 14.2. The predicted octanol–water partition coefficient (Wildman–Crippen LogP) is 2.13. The van der Waals surface area contributed by atoms with E-state index in [4.69, 9.17) is 4.74 Å². The third-order valence-corrected chi connectivity index (χ3v) is 11.2. The molecule has 9 nitrogen and oxygen atoms in total. The lowest BCUT2D eigenvalue weighted by Gasteiger charge is -2.33. The van der Waals surface area contributed by atoms with Crippen LogP contribution in [0.15, 0.2) is 30.9 Å². The van der Waals surface area contributed by atoms with Crippen LogP contribution in [0.5, 0.6) is 0 Å². The number of ether oxygens (including phenoxy) is 1. The summed E-state index contributed by atoms with van der Waals surface area (Å²) in [5.74, 6) is -0.708. The van der Waals surface area contributed by atoms with Crippen molar-refractivity contribution in [1.82, 2.24) is 4.90 Å². The van der Waals surface area contributed by atoms with Gasteiger partial charge in [-0.25, -0.2) is 0 Å². The van der Waals surface area contributed by atoms with E-state index in [0.717, 1.165) is 18.5 Å². The zero-order valence-electron chi connectivity index (χ0n) is 21.9. The van der Waals surface area contributed by atoms with Crippen LogP contribution in [0.4, 0.5) is 11.4 Å². The Bertz CT molecular complexity index is 1140. The third-order valence-electron chi connectivity index (χ3n) is 8.73. The lowest BCUT2D eigenvalue weighted by atomic mass is 9.82. The van der Waals surface area contributed by atoms with Crippen LogP contribution in [0.2, 0.25) is 18.6 Å². The number of amides is 3. The number of carbonyl (C=O) groups excluding carboxylic acids is 3. The number of fused-ring (bicyclic) bond motifs is 2. The summed E-state index contributed by atoms with van der Waals surface area (Å²) in [6.45, 7) is 10.9. The van der Waals surface area contributed by atoms with Gasteiger partial charge in [-0.05, 0) is 44.1 Å². The zero-order valence-corrected chi connectivity index (χ0v) is 22.9. The number of nitrogens with zero attached hydrogens (tertiary/aromatic N) is 3. The smallest absolute Gasteiger partial charge is 0.264 e. The summed E-state index contributed by atoms with van der Waals surface area (Å²) in [6, 6.07) is 5.38. The number of hydrogen-bond acceptors (Lipinski definition) is 6. The minimum atomic E-state index is -2.91. The van der Waals surface area contributed by atoms with Gasteiger partial charge in [-0.15, -0.1) is 6.58 Å². The van der Waals surface area contributed by atoms with Crippen molar-refractivity contribution >= 4 is 37.4 Å². The molecule has 3 saturated heterocycles. The number of carbonyl (C=O) groups is 3. The molecule has 4 aliphatic heterocycles. The van der Waals surface area contributed by atoms with Gasteiger partial charge in [0.05, 0.1) is 30.9 Å². The van der Waals surface area contributed by atoms with Crippen molar-refractivity contribution in [3.05, 3.63) is 36.4 Å². The van der Waals surface area contributed by atoms with E-state index in [2.05, 4.69) is 6.58 Å². The Hall–Kier alpha value is -2.53. The van der Waals surface area contributed by atoms with Gasteiger partial charge in [-0.2, -0.15) is 0 Å². The van der Waals surface area contributed by atoms with Crippen molar-refractivity contribution < 1.29 is 29.0 Å². The van der Waals surface area contributed by atoms with Crippen molar-refractivity contribution in [3.63, 3.8) is 0 Å². The van der Waals surface area contributed by atoms with E-state index < -0.39 is 25.9 Å². The molecule has 3 fully saturated rings. The van der Waals surface area contributed by atoms with Gasteiger partial charge in [0.2, 0.25) is 11.8 Å². The van der Waals surface area contributed by atoms with E-state index in [-0.39, 0.29) is 42.3 Å². The molecule has 5 atom stereocenters. The van der Waals surface area contributed by atoms with E-state index >= 15 is 0 Å². The number of benzene rings is 1. The van der Waals surface area contributed by atoms with Crippen LogP contribution in [0.3, 0.4) is 0 Å². The van der Waals surface area contributed by atoms with E-state index in [9.17, 15) is 24.3 Å². The summed E-state index contributed by atoms with van der Waals surface area (Å²) in [5, 5.41) is 9.73. The van der Waals surface area contributed by atoms with Gasteiger partial charge in [0, 0.05) is 48.8 Å². The standard InChI is InChI=1S/C27H37N3O6Si/c1-5-11-30-21-9-8-18(29-13-10-23(29)32)14-20(21)27(26(30)34)17(2)25(37(3,4)35)22(36-27)15-24(33)28-12-6-7-19(28)16-31/h5,8-9,14,17,19,22,25,31,35H,1,6-7,10-13,15-16H2,2-4H3/t17-,19+,22+,25-,27+/m1/s1. The second-order valence-electron chi connectivity index (χ2n) is 11.3. The van der Waals surface area contributed by atoms with Gasteiger partial charge >= 0.3 is 0 Å². The molecule has 4 aliphatic rings. The molecule has 0 unspecified atom stereocenters. The molecule has 4 heterocycles. The van der Waals surface area contributed by atoms with Crippen LogP contribution in [0.25, 0.3) is 0 Å². The highest BCUT2D eigenvalue weighted by Gasteiger charge is 2.66. The topological polar surface area (TPSA) is 111 Å². The minimum Gasteiger partial charge on any atom is -0.432 e. The second kappa shape index (κ2) is 9.34. The van der Waals surface area contributed by atoms with Crippen LogP contribution >= 0.6 is 0 Å². The van der Waals surface area contributed by atoms with Crippen molar-refractivity contribution in [2.24, 2.45) is 5.92 Å². The van der Waals surface area contributed by atoms with Crippen LogP contribution < -0.4 is 9.80 Å². The fourth-order valence-corrected chi connectivity index (χ4v) is 9.53. The molecule has 5 rings (SSSR count). The molecule has 1 aromatic rings. The number of anilines is 2. The number of aliphatic hydroxyl groups is 1. The molecule has 200 valence electrons. The van der Waals surface area contributed by atoms with Crippen LogP contribution in [-0.2, 0) is 24.7 Å². The van der Waals surface area contributed by atoms with Crippen molar-refractivity contribution in [2.75, 3.05) is 36.0 Å². The van der Waals surface area contributed by atoms with E-state index in [1.807, 2.05) is 38.2 Å². The Labute approximate surface area is 218 Å². The first-order valence-corrected chi connectivity index (χ1v) is 16.2. The van der Waals surface area contributed by atoms with E-state index in [1.165, 1.54) is 0 Å². The molecule has 3 amide bonds. The Balaban J connectivity index is 1.56. The van der Waals surface area contributed by atoms with E-state index in [0.29, 0.717) is 37.3 Å². The Morgan fingerprint density at radius 2 is 2.05 bits per heavy atom. The average Bonchev–Trinajstić information content (AvgIpc) is 3.49. The molecule has 0 bridgehead atoms. The first kappa shape index (κ1) is 26.1. The van der Waals surface area contributed by atoms with Crippen molar-refractivity contribution in [2.45, 2.75) is 69.0 Å². The Morgan fingerprint density at radius 3 is 2.65 bits per heavy atom.